The van der Waals surface area contributed by atoms with Crippen LogP contribution in [0.5, 0.6) is 0 Å². The van der Waals surface area contributed by atoms with E-state index >= 15 is 4.39 Å². The number of benzene rings is 2. The van der Waals surface area contributed by atoms with Crippen LogP contribution in [0.3, 0.4) is 0 Å². The maximum atomic E-state index is 15.5. The van der Waals surface area contributed by atoms with Gasteiger partial charge in [0.2, 0.25) is 5.43 Å². The van der Waals surface area contributed by atoms with Crippen molar-refractivity contribution in [2.45, 2.75) is 56.8 Å². The lowest BCUT2D eigenvalue weighted by atomic mass is 9.76. The summed E-state index contributed by atoms with van der Waals surface area (Å²) in [6.07, 6.45) is 6.54. The largest absolute Gasteiger partial charge is 0.477 e. The molecule has 6 nitrogen and oxygen atoms in total. The summed E-state index contributed by atoms with van der Waals surface area (Å²) in [5.74, 6) is -1.23. The molecule has 2 saturated heterocycles. The second-order valence-electron chi connectivity index (χ2n) is 10.0. The van der Waals surface area contributed by atoms with Gasteiger partial charge in [-0.25, -0.2) is 9.18 Å². The van der Waals surface area contributed by atoms with Gasteiger partial charge in [-0.1, -0.05) is 30.3 Å². The lowest BCUT2D eigenvalue weighted by molar-refractivity contribution is 0.0695. The van der Waals surface area contributed by atoms with Crippen LogP contribution in [0.4, 0.5) is 10.1 Å². The minimum absolute atomic E-state index is 0.147. The molecule has 0 radical (unpaired) electrons. The zero-order valence-electron chi connectivity index (χ0n) is 18.9. The first kappa shape index (κ1) is 21.4. The molecule has 176 valence electrons. The highest BCUT2D eigenvalue weighted by Gasteiger charge is 2.41. The summed E-state index contributed by atoms with van der Waals surface area (Å²) in [5.41, 5.74) is 1.46. The highest BCUT2D eigenvalue weighted by Crippen LogP contribution is 2.42. The summed E-state index contributed by atoms with van der Waals surface area (Å²) >= 11 is 0. The molecule has 7 rings (SSSR count). The molecule has 1 aromatic heterocycles. The maximum absolute atomic E-state index is 15.5. The van der Waals surface area contributed by atoms with Crippen molar-refractivity contribution in [1.82, 2.24) is 9.88 Å². The molecule has 3 aromatic rings. The molecule has 2 aliphatic carbocycles. The van der Waals surface area contributed by atoms with E-state index in [4.69, 9.17) is 0 Å². The van der Waals surface area contributed by atoms with Crippen molar-refractivity contribution in [3.05, 3.63) is 75.8 Å². The molecule has 3 atom stereocenters. The number of aromatic carboxylic acids is 1. The van der Waals surface area contributed by atoms with Crippen LogP contribution in [0.2, 0.25) is 0 Å². The smallest absolute Gasteiger partial charge is 0.341 e. The zero-order valence-corrected chi connectivity index (χ0v) is 18.9. The molecular weight excluding hydrogens is 433 g/mol. The van der Waals surface area contributed by atoms with Crippen LogP contribution >= 0.6 is 0 Å². The number of carboxylic acid groups (broad SMARTS) is 1. The third-order valence-electron chi connectivity index (χ3n) is 7.77. The molecule has 2 aromatic carbocycles. The highest BCUT2D eigenvalue weighted by atomic mass is 19.1. The molecule has 34 heavy (non-hydrogen) atoms. The van der Waals surface area contributed by atoms with Crippen molar-refractivity contribution in [3.63, 3.8) is 0 Å². The number of nitrogens with zero attached hydrogens (tertiary/aromatic N) is 2. The Morgan fingerprint density at radius 2 is 1.91 bits per heavy atom. The molecule has 4 fully saturated rings. The summed E-state index contributed by atoms with van der Waals surface area (Å²) in [4.78, 5) is 26.6. The van der Waals surface area contributed by atoms with Gasteiger partial charge in [-0.15, -0.1) is 0 Å². The van der Waals surface area contributed by atoms with Gasteiger partial charge in [0, 0.05) is 42.8 Å². The summed E-state index contributed by atoms with van der Waals surface area (Å²) in [6.45, 7) is 1.58. The number of aromatic nitrogens is 1. The Morgan fingerprint density at radius 1 is 1.12 bits per heavy atom. The van der Waals surface area contributed by atoms with Crippen LogP contribution in [-0.2, 0) is 6.54 Å². The number of anilines is 1. The Hall–Kier alpha value is -3.19. The second-order valence-corrected chi connectivity index (χ2v) is 10.0. The number of fused-ring (bicyclic) bond motifs is 4. The summed E-state index contributed by atoms with van der Waals surface area (Å²) in [6, 6.07) is 14.0. The molecule has 2 bridgehead atoms. The van der Waals surface area contributed by atoms with Gasteiger partial charge in [0.05, 0.1) is 11.2 Å². The second kappa shape index (κ2) is 8.24. The monoisotopic (exact) mass is 461 g/mol. The van der Waals surface area contributed by atoms with Crippen molar-refractivity contribution in [2.75, 3.05) is 11.4 Å². The number of carbonyl (C=O) groups is 1. The van der Waals surface area contributed by atoms with E-state index in [9.17, 15) is 14.7 Å². The molecule has 3 heterocycles. The first-order valence-electron chi connectivity index (χ1n) is 12.1. The number of piperidine rings is 2. The van der Waals surface area contributed by atoms with Gasteiger partial charge in [-0.05, 0) is 55.7 Å². The fraction of sp³-hybridized carbons (Fsp3) is 0.407. The molecule has 2 aliphatic heterocycles. The highest BCUT2D eigenvalue weighted by molar-refractivity contribution is 5.93. The average molecular weight is 462 g/mol. The Bertz CT molecular complexity index is 1320. The van der Waals surface area contributed by atoms with Crippen molar-refractivity contribution in [1.29, 1.82) is 0 Å². The first-order valence-corrected chi connectivity index (χ1v) is 12.1. The molecule has 3 unspecified atom stereocenters. The van der Waals surface area contributed by atoms with Crippen LogP contribution in [0, 0.1) is 11.7 Å². The number of rotatable bonds is 6. The standard InChI is InChI=1S/C27H28FN3O3/c28-21-11-19-24(30(18-7-8-18)15-20(26(19)32)27(33)34)12-25(21)31-14-17-6-9-23(31)22(10-17)29-13-16-4-2-1-3-5-16/h1-5,11-12,15,17-18,22-23,29H,6-10,13-14H2,(H,33,34). The Kier molecular flexibility index (Phi) is 5.17. The van der Waals surface area contributed by atoms with Crippen molar-refractivity contribution >= 4 is 22.6 Å². The molecular formula is C27H28FN3O3. The number of carboxylic acids is 1. The molecule has 4 aliphatic rings. The SMILES string of the molecule is O=C(O)c1cn(C2CC2)c2cc(N3CC4CCC3C(NCc3ccccc3)C4)c(F)cc2c1=O. The minimum Gasteiger partial charge on any atom is -0.477 e. The van der Waals surface area contributed by atoms with E-state index in [0.29, 0.717) is 17.1 Å². The van der Waals surface area contributed by atoms with Crippen molar-refractivity contribution in [2.24, 2.45) is 5.92 Å². The van der Waals surface area contributed by atoms with Crippen LogP contribution < -0.4 is 15.6 Å². The minimum atomic E-state index is -1.27. The molecule has 7 heteroatoms. The van der Waals surface area contributed by atoms with Gasteiger partial charge < -0.3 is 19.9 Å². The zero-order chi connectivity index (χ0) is 23.4. The molecule has 2 N–H and O–H groups in total. The number of nitrogens with one attached hydrogen (secondary N) is 1. The van der Waals surface area contributed by atoms with E-state index in [2.05, 4.69) is 22.3 Å². The van der Waals surface area contributed by atoms with Crippen LogP contribution in [-0.4, -0.2) is 34.3 Å². The van der Waals surface area contributed by atoms with Gasteiger partial charge in [-0.2, -0.15) is 0 Å². The van der Waals surface area contributed by atoms with Gasteiger partial charge in [0.15, 0.2) is 0 Å². The van der Waals surface area contributed by atoms with E-state index in [1.807, 2.05) is 22.8 Å². The van der Waals surface area contributed by atoms with E-state index in [-0.39, 0.29) is 29.1 Å². The quantitative estimate of drug-likeness (QED) is 0.572. The number of hydrogen-bond acceptors (Lipinski definition) is 4. The van der Waals surface area contributed by atoms with E-state index in [1.165, 1.54) is 17.8 Å². The summed E-state index contributed by atoms with van der Waals surface area (Å²) < 4.78 is 17.4. The van der Waals surface area contributed by atoms with Gasteiger partial charge in [-0.3, -0.25) is 4.79 Å². The van der Waals surface area contributed by atoms with Crippen molar-refractivity contribution < 1.29 is 14.3 Å². The summed E-state index contributed by atoms with van der Waals surface area (Å²) in [7, 11) is 0. The van der Waals surface area contributed by atoms with Crippen molar-refractivity contribution in [3.8, 4) is 0 Å². The van der Waals surface area contributed by atoms with Gasteiger partial charge in [0.25, 0.3) is 0 Å². The fourth-order valence-electron chi connectivity index (χ4n) is 5.92. The predicted octanol–water partition coefficient (Wildman–Crippen LogP) is 4.32. The van der Waals surface area contributed by atoms with Crippen LogP contribution in [0.15, 0.2) is 53.5 Å². The van der Waals surface area contributed by atoms with Gasteiger partial charge >= 0.3 is 5.97 Å². The predicted molar refractivity (Wildman–Crippen MR) is 129 cm³/mol. The van der Waals surface area contributed by atoms with Crippen LogP contribution in [0.25, 0.3) is 10.9 Å². The van der Waals surface area contributed by atoms with E-state index < -0.39 is 17.2 Å². The topological polar surface area (TPSA) is 74.6 Å². The lowest BCUT2D eigenvalue weighted by Crippen LogP contribution is -2.60. The van der Waals surface area contributed by atoms with Crippen LogP contribution in [0.1, 0.15) is 54.1 Å². The third-order valence-corrected chi connectivity index (χ3v) is 7.77. The number of halogens is 1. The lowest BCUT2D eigenvalue weighted by Gasteiger charge is -2.51. The number of pyridine rings is 1. The van der Waals surface area contributed by atoms with Gasteiger partial charge in [0.1, 0.15) is 11.4 Å². The van der Waals surface area contributed by atoms with E-state index in [0.717, 1.165) is 45.2 Å². The normalized spacial score (nSPS) is 24.0. The Labute approximate surface area is 197 Å². The average Bonchev–Trinajstić information content (AvgIpc) is 3.69. The maximum Gasteiger partial charge on any atom is 0.341 e. The Morgan fingerprint density at radius 3 is 2.62 bits per heavy atom. The number of hydrogen-bond donors (Lipinski definition) is 2. The molecule has 2 saturated carbocycles. The first-order chi connectivity index (χ1) is 16.5. The molecule has 0 spiro atoms. The van der Waals surface area contributed by atoms with E-state index in [1.54, 1.807) is 6.07 Å². The fourth-order valence-corrected chi connectivity index (χ4v) is 5.92. The third kappa shape index (κ3) is 3.68. The Balaban J connectivity index is 1.37. The summed E-state index contributed by atoms with van der Waals surface area (Å²) in [5, 5.41) is 13.3. The molecule has 0 amide bonds.